The second-order valence-corrected chi connectivity index (χ2v) is 4.65. The summed E-state index contributed by atoms with van der Waals surface area (Å²) in [6, 6.07) is 9.18. The summed E-state index contributed by atoms with van der Waals surface area (Å²) in [7, 11) is 0. The van der Waals surface area contributed by atoms with E-state index in [2.05, 4.69) is 5.32 Å². The highest BCUT2D eigenvalue weighted by atomic mass is 32.2. The van der Waals surface area contributed by atoms with Crippen LogP contribution in [0.25, 0.3) is 0 Å². The van der Waals surface area contributed by atoms with E-state index in [1.54, 1.807) is 0 Å². The number of carboxylic acid groups (broad SMARTS) is 1. The molecule has 0 heterocycles. The van der Waals surface area contributed by atoms with E-state index in [0.29, 0.717) is 0 Å². The van der Waals surface area contributed by atoms with E-state index in [9.17, 15) is 9.59 Å². The van der Waals surface area contributed by atoms with Gasteiger partial charge in [0.15, 0.2) is 0 Å². The van der Waals surface area contributed by atoms with Gasteiger partial charge in [-0.25, -0.2) is 4.79 Å². The largest absolute Gasteiger partial charge is 0.477 e. The molecule has 0 saturated carbocycles. The lowest BCUT2D eigenvalue weighted by atomic mass is 10.1. The Hall–Kier alpha value is -1.75. The Bertz CT molecular complexity index is 443. The first kappa shape index (κ1) is 14.3. The number of rotatable bonds is 6. The maximum absolute atomic E-state index is 11.7. The fourth-order valence-electron chi connectivity index (χ4n) is 1.28. The van der Waals surface area contributed by atoms with E-state index < -0.39 is 5.97 Å². The van der Waals surface area contributed by atoms with E-state index >= 15 is 0 Å². The predicted molar refractivity (Wildman–Crippen MR) is 72.1 cm³/mol. The second kappa shape index (κ2) is 7.55. The number of nitrogens with one attached hydrogen (secondary N) is 1. The average molecular weight is 265 g/mol. The van der Waals surface area contributed by atoms with Gasteiger partial charge >= 0.3 is 5.97 Å². The van der Waals surface area contributed by atoms with Gasteiger partial charge < -0.3 is 10.4 Å². The van der Waals surface area contributed by atoms with Crippen molar-refractivity contribution in [1.29, 1.82) is 0 Å². The van der Waals surface area contributed by atoms with Crippen LogP contribution >= 0.6 is 11.8 Å². The summed E-state index contributed by atoms with van der Waals surface area (Å²) in [6.45, 7) is 1.91. The van der Waals surface area contributed by atoms with Crippen LogP contribution < -0.4 is 5.32 Å². The van der Waals surface area contributed by atoms with Gasteiger partial charge in [0.05, 0.1) is 6.42 Å². The molecule has 0 aliphatic carbocycles. The molecule has 4 nitrogen and oxygen atoms in total. The summed E-state index contributed by atoms with van der Waals surface area (Å²) >= 11 is 1.34. The zero-order chi connectivity index (χ0) is 13.4. The third-order valence-electron chi connectivity index (χ3n) is 2.08. The molecule has 0 aromatic heterocycles. The maximum Gasteiger partial charge on any atom is 0.352 e. The number of carboxylic acids is 1. The van der Waals surface area contributed by atoms with Gasteiger partial charge in [-0.2, -0.15) is 0 Å². The van der Waals surface area contributed by atoms with Crippen LogP contribution in [0.3, 0.4) is 0 Å². The topological polar surface area (TPSA) is 66.4 Å². The van der Waals surface area contributed by atoms with Crippen molar-refractivity contribution in [3.63, 3.8) is 0 Å². The van der Waals surface area contributed by atoms with Crippen LogP contribution in [0, 0.1) is 0 Å². The van der Waals surface area contributed by atoms with Gasteiger partial charge in [0, 0.05) is 5.41 Å². The Balaban J connectivity index is 2.60. The molecule has 0 atom stereocenters. The van der Waals surface area contributed by atoms with Crippen LogP contribution in [0.1, 0.15) is 12.5 Å². The van der Waals surface area contributed by atoms with E-state index in [4.69, 9.17) is 5.11 Å². The number of thioether (sulfide) groups is 1. The van der Waals surface area contributed by atoms with Crippen LogP contribution in [-0.2, 0) is 16.0 Å². The normalized spacial score (nSPS) is 11.1. The highest BCUT2D eigenvalue weighted by Gasteiger charge is 2.11. The second-order valence-electron chi connectivity index (χ2n) is 3.50. The fraction of sp³-hybridized carbons (Fsp3) is 0.231. The zero-order valence-electron chi connectivity index (χ0n) is 10.1. The van der Waals surface area contributed by atoms with E-state index in [1.165, 1.54) is 17.2 Å². The summed E-state index contributed by atoms with van der Waals surface area (Å²) in [6.07, 6.45) is 0.169. The molecule has 96 valence electrons. The van der Waals surface area contributed by atoms with Crippen LogP contribution in [0.5, 0.6) is 0 Å². The van der Waals surface area contributed by atoms with Crippen molar-refractivity contribution in [3.05, 3.63) is 47.0 Å². The summed E-state index contributed by atoms with van der Waals surface area (Å²) in [5.74, 6) is -0.699. The number of hydrogen-bond donors (Lipinski definition) is 2. The average Bonchev–Trinajstić information content (AvgIpc) is 2.35. The summed E-state index contributed by atoms with van der Waals surface area (Å²) in [5, 5.41) is 12.8. The third kappa shape index (κ3) is 5.05. The minimum Gasteiger partial charge on any atom is -0.477 e. The lowest BCUT2D eigenvalue weighted by Crippen LogP contribution is -2.28. The monoisotopic (exact) mass is 265 g/mol. The Morgan fingerprint density at radius 1 is 1.33 bits per heavy atom. The molecule has 0 saturated heterocycles. The Morgan fingerprint density at radius 3 is 2.56 bits per heavy atom. The molecular weight excluding hydrogens is 250 g/mol. The SMILES string of the molecule is CCSC=C(NC(=O)Cc1ccccc1)C(=O)O. The molecule has 0 bridgehead atoms. The Kier molecular flexibility index (Phi) is 6.00. The van der Waals surface area contributed by atoms with Gasteiger partial charge in [-0.3, -0.25) is 4.79 Å². The number of hydrogen-bond acceptors (Lipinski definition) is 3. The first-order valence-corrected chi connectivity index (χ1v) is 6.57. The molecule has 0 spiro atoms. The molecule has 5 heteroatoms. The number of carbonyl (C=O) groups excluding carboxylic acids is 1. The van der Waals surface area contributed by atoms with E-state index in [-0.39, 0.29) is 18.0 Å². The molecule has 1 rings (SSSR count). The highest BCUT2D eigenvalue weighted by molar-refractivity contribution is 8.02. The van der Waals surface area contributed by atoms with Crippen molar-refractivity contribution in [2.75, 3.05) is 5.75 Å². The summed E-state index contributed by atoms with van der Waals surface area (Å²) in [4.78, 5) is 22.6. The van der Waals surface area contributed by atoms with Crippen molar-refractivity contribution in [2.45, 2.75) is 13.3 Å². The lowest BCUT2D eigenvalue weighted by Gasteiger charge is -2.05. The first-order chi connectivity index (χ1) is 8.63. The van der Waals surface area contributed by atoms with Crippen LogP contribution in [-0.4, -0.2) is 22.7 Å². The number of carbonyl (C=O) groups is 2. The number of amides is 1. The zero-order valence-corrected chi connectivity index (χ0v) is 10.9. The van der Waals surface area contributed by atoms with Crippen molar-refractivity contribution >= 4 is 23.6 Å². The maximum atomic E-state index is 11.7. The van der Waals surface area contributed by atoms with E-state index in [0.717, 1.165) is 11.3 Å². The van der Waals surface area contributed by atoms with Gasteiger partial charge in [0.25, 0.3) is 0 Å². The van der Waals surface area contributed by atoms with Gasteiger partial charge in [0.2, 0.25) is 5.91 Å². The summed E-state index contributed by atoms with van der Waals surface area (Å²) in [5.41, 5.74) is 0.769. The van der Waals surface area contributed by atoms with Crippen molar-refractivity contribution in [1.82, 2.24) is 5.32 Å². The van der Waals surface area contributed by atoms with E-state index in [1.807, 2.05) is 37.3 Å². The molecular formula is C13H15NO3S. The molecule has 1 amide bonds. The smallest absolute Gasteiger partial charge is 0.352 e. The fourth-order valence-corrected chi connectivity index (χ4v) is 1.77. The molecule has 0 unspecified atom stereocenters. The number of aliphatic carboxylic acids is 1. The lowest BCUT2D eigenvalue weighted by molar-refractivity contribution is -0.134. The standard InChI is InChI=1S/C13H15NO3S/c1-2-18-9-11(13(16)17)14-12(15)8-10-6-4-3-5-7-10/h3-7,9H,2,8H2,1H3,(H,14,15)(H,16,17). The minimum absolute atomic E-state index is 0.0808. The molecule has 1 aromatic rings. The Labute approximate surface area is 110 Å². The summed E-state index contributed by atoms with van der Waals surface area (Å²) < 4.78 is 0. The van der Waals surface area contributed by atoms with Crippen molar-refractivity contribution < 1.29 is 14.7 Å². The molecule has 0 aliphatic heterocycles. The minimum atomic E-state index is -1.13. The van der Waals surface area contributed by atoms with Gasteiger partial charge in [0.1, 0.15) is 5.70 Å². The Morgan fingerprint density at radius 2 is 2.00 bits per heavy atom. The molecule has 0 radical (unpaired) electrons. The first-order valence-electron chi connectivity index (χ1n) is 5.52. The van der Waals surface area contributed by atoms with Crippen molar-refractivity contribution in [2.24, 2.45) is 0 Å². The van der Waals surface area contributed by atoms with Crippen LogP contribution in [0.15, 0.2) is 41.4 Å². The van der Waals surface area contributed by atoms with Gasteiger partial charge in [-0.15, -0.1) is 11.8 Å². The molecule has 1 aromatic carbocycles. The molecule has 0 aliphatic rings. The van der Waals surface area contributed by atoms with Gasteiger partial charge in [-0.05, 0) is 11.3 Å². The van der Waals surface area contributed by atoms with Crippen molar-refractivity contribution in [3.8, 4) is 0 Å². The van der Waals surface area contributed by atoms with Crippen LogP contribution in [0.4, 0.5) is 0 Å². The van der Waals surface area contributed by atoms with Gasteiger partial charge in [-0.1, -0.05) is 37.3 Å². The quantitative estimate of drug-likeness (QED) is 0.772. The third-order valence-corrected chi connectivity index (χ3v) is 2.82. The molecule has 2 N–H and O–H groups in total. The molecule has 18 heavy (non-hydrogen) atoms. The highest BCUT2D eigenvalue weighted by Crippen LogP contribution is 2.06. The van der Waals surface area contributed by atoms with Crippen LogP contribution in [0.2, 0.25) is 0 Å². The number of benzene rings is 1. The molecule has 0 fully saturated rings. The predicted octanol–water partition coefficient (Wildman–Crippen LogP) is 2.02.